The molecule has 24 heavy (non-hydrogen) atoms. The topological polar surface area (TPSA) is 49.3 Å². The van der Waals surface area contributed by atoms with Gasteiger partial charge in [-0.25, -0.2) is 9.37 Å². The van der Waals surface area contributed by atoms with Gasteiger partial charge in [0.2, 0.25) is 5.91 Å². The van der Waals surface area contributed by atoms with Gasteiger partial charge in [0.05, 0.1) is 11.6 Å². The largest absolute Gasteiger partial charge is 0.352 e. The van der Waals surface area contributed by atoms with Crippen molar-refractivity contribution in [2.45, 2.75) is 18.3 Å². The summed E-state index contributed by atoms with van der Waals surface area (Å²) in [7, 11) is 0. The highest BCUT2D eigenvalue weighted by Gasteiger charge is 2.53. The number of carbonyl (C=O) groups excluding carboxylic acids is 1. The van der Waals surface area contributed by atoms with E-state index >= 15 is 0 Å². The zero-order chi connectivity index (χ0) is 16.6. The van der Waals surface area contributed by atoms with Crippen molar-refractivity contribution < 1.29 is 9.18 Å². The van der Waals surface area contributed by atoms with Crippen molar-refractivity contribution in [1.82, 2.24) is 14.9 Å². The van der Waals surface area contributed by atoms with E-state index in [1.165, 1.54) is 12.1 Å². The van der Waals surface area contributed by atoms with Gasteiger partial charge in [0.1, 0.15) is 11.6 Å². The van der Waals surface area contributed by atoms with E-state index < -0.39 is 5.41 Å². The van der Waals surface area contributed by atoms with E-state index in [2.05, 4.69) is 14.9 Å². The Hall–Kier alpha value is -2.50. The highest BCUT2D eigenvalue weighted by atomic mass is 19.1. The van der Waals surface area contributed by atoms with Gasteiger partial charge in [0.25, 0.3) is 0 Å². The molecule has 1 aromatic heterocycles. The number of hydrogen-bond acceptors (Lipinski definition) is 4. The van der Waals surface area contributed by atoms with E-state index in [4.69, 9.17) is 0 Å². The summed E-state index contributed by atoms with van der Waals surface area (Å²) >= 11 is 0. The van der Waals surface area contributed by atoms with Gasteiger partial charge in [-0.05, 0) is 30.5 Å². The second kappa shape index (κ2) is 5.85. The molecule has 0 spiro atoms. The Morgan fingerprint density at radius 2 is 1.75 bits per heavy atom. The molecular formula is C18H19FN4O. The van der Waals surface area contributed by atoms with Crippen molar-refractivity contribution in [3.63, 3.8) is 0 Å². The number of benzene rings is 1. The smallest absolute Gasteiger partial charge is 0.233 e. The standard InChI is InChI=1S/C18H19FN4O/c19-15-3-1-14(2-4-15)18(5-6-18)17(24)23-11-9-22(10-12-23)16-13-20-7-8-21-16/h1-4,7-8,13H,5-6,9-12H2. The molecule has 1 aromatic carbocycles. The molecule has 1 saturated carbocycles. The number of piperazine rings is 1. The molecule has 1 amide bonds. The molecule has 1 aliphatic carbocycles. The molecule has 124 valence electrons. The Morgan fingerprint density at radius 1 is 1.04 bits per heavy atom. The first-order valence-electron chi connectivity index (χ1n) is 8.25. The molecule has 2 fully saturated rings. The second-order valence-corrected chi connectivity index (χ2v) is 6.43. The highest BCUT2D eigenvalue weighted by molar-refractivity contribution is 5.91. The molecule has 0 radical (unpaired) electrons. The van der Waals surface area contributed by atoms with Crippen LogP contribution in [0.1, 0.15) is 18.4 Å². The third-order valence-corrected chi connectivity index (χ3v) is 5.00. The normalized spacial score (nSPS) is 19.2. The van der Waals surface area contributed by atoms with Crippen molar-refractivity contribution in [2.75, 3.05) is 31.1 Å². The molecular weight excluding hydrogens is 307 g/mol. The summed E-state index contributed by atoms with van der Waals surface area (Å²) in [6.45, 7) is 2.87. The predicted octanol–water partition coefficient (Wildman–Crippen LogP) is 2.00. The number of nitrogens with zero attached hydrogens (tertiary/aromatic N) is 4. The molecule has 0 atom stereocenters. The Morgan fingerprint density at radius 3 is 2.33 bits per heavy atom. The first kappa shape index (κ1) is 15.1. The number of aromatic nitrogens is 2. The van der Waals surface area contributed by atoms with Crippen LogP contribution in [0.3, 0.4) is 0 Å². The van der Waals surface area contributed by atoms with Gasteiger partial charge in [-0.3, -0.25) is 9.78 Å². The quantitative estimate of drug-likeness (QED) is 0.866. The number of carbonyl (C=O) groups is 1. The third-order valence-electron chi connectivity index (χ3n) is 5.00. The second-order valence-electron chi connectivity index (χ2n) is 6.43. The lowest BCUT2D eigenvalue weighted by atomic mass is 9.94. The van der Waals surface area contributed by atoms with Crippen LogP contribution in [-0.2, 0) is 10.2 Å². The fourth-order valence-corrected chi connectivity index (χ4v) is 3.42. The van der Waals surface area contributed by atoms with Gasteiger partial charge >= 0.3 is 0 Å². The first-order chi connectivity index (χ1) is 11.7. The van der Waals surface area contributed by atoms with Crippen LogP contribution in [0, 0.1) is 5.82 Å². The maximum Gasteiger partial charge on any atom is 0.233 e. The van der Waals surface area contributed by atoms with Crippen LogP contribution in [0.25, 0.3) is 0 Å². The Kier molecular flexibility index (Phi) is 3.67. The minimum Gasteiger partial charge on any atom is -0.352 e. The predicted molar refractivity (Wildman–Crippen MR) is 88.1 cm³/mol. The number of halogens is 1. The number of amides is 1. The fraction of sp³-hybridized carbons (Fsp3) is 0.389. The Labute approximate surface area is 140 Å². The Balaban J connectivity index is 1.44. The molecule has 4 rings (SSSR count). The van der Waals surface area contributed by atoms with E-state index in [0.29, 0.717) is 13.1 Å². The van der Waals surface area contributed by atoms with Crippen LogP contribution in [0.4, 0.5) is 10.2 Å². The molecule has 0 N–H and O–H groups in total. The molecule has 2 aliphatic rings. The monoisotopic (exact) mass is 326 g/mol. The number of anilines is 1. The van der Waals surface area contributed by atoms with Crippen molar-refractivity contribution in [3.05, 3.63) is 54.2 Å². The van der Waals surface area contributed by atoms with E-state index in [1.54, 1.807) is 30.7 Å². The van der Waals surface area contributed by atoms with E-state index in [1.807, 2.05) is 4.90 Å². The maximum absolute atomic E-state index is 13.1. The van der Waals surface area contributed by atoms with Crippen LogP contribution in [-0.4, -0.2) is 47.0 Å². The first-order valence-corrected chi connectivity index (χ1v) is 8.25. The van der Waals surface area contributed by atoms with Crippen molar-refractivity contribution >= 4 is 11.7 Å². The zero-order valence-corrected chi connectivity index (χ0v) is 13.4. The fourth-order valence-electron chi connectivity index (χ4n) is 3.42. The summed E-state index contributed by atoms with van der Waals surface area (Å²) in [6, 6.07) is 6.37. The van der Waals surface area contributed by atoms with Gasteiger partial charge in [-0.15, -0.1) is 0 Å². The van der Waals surface area contributed by atoms with E-state index in [-0.39, 0.29) is 11.7 Å². The lowest BCUT2D eigenvalue weighted by Gasteiger charge is -2.37. The average Bonchev–Trinajstić information content (AvgIpc) is 3.44. The van der Waals surface area contributed by atoms with E-state index in [9.17, 15) is 9.18 Å². The summed E-state index contributed by atoms with van der Waals surface area (Å²) < 4.78 is 13.1. The lowest BCUT2D eigenvalue weighted by Crippen LogP contribution is -2.51. The van der Waals surface area contributed by atoms with Gasteiger partial charge < -0.3 is 9.80 Å². The van der Waals surface area contributed by atoms with Crippen molar-refractivity contribution in [3.8, 4) is 0 Å². The van der Waals surface area contributed by atoms with Gasteiger partial charge in [-0.1, -0.05) is 12.1 Å². The highest BCUT2D eigenvalue weighted by Crippen LogP contribution is 2.49. The van der Waals surface area contributed by atoms with Crippen LogP contribution < -0.4 is 4.90 Å². The van der Waals surface area contributed by atoms with Crippen LogP contribution in [0.2, 0.25) is 0 Å². The minimum atomic E-state index is -0.428. The molecule has 0 unspecified atom stereocenters. The van der Waals surface area contributed by atoms with Crippen molar-refractivity contribution in [1.29, 1.82) is 0 Å². The lowest BCUT2D eigenvalue weighted by molar-refractivity contribution is -0.134. The molecule has 1 saturated heterocycles. The molecule has 2 heterocycles. The summed E-state index contributed by atoms with van der Waals surface area (Å²) in [4.78, 5) is 25.5. The van der Waals surface area contributed by atoms with Gasteiger partial charge in [0.15, 0.2) is 0 Å². The summed E-state index contributed by atoms with van der Waals surface area (Å²) in [5.41, 5.74) is 0.507. The van der Waals surface area contributed by atoms with Crippen LogP contribution in [0.5, 0.6) is 0 Å². The molecule has 5 nitrogen and oxygen atoms in total. The molecule has 0 bridgehead atoms. The van der Waals surface area contributed by atoms with Crippen LogP contribution >= 0.6 is 0 Å². The summed E-state index contributed by atoms with van der Waals surface area (Å²) in [5.74, 6) is 0.761. The van der Waals surface area contributed by atoms with E-state index in [0.717, 1.165) is 37.3 Å². The molecule has 2 aromatic rings. The van der Waals surface area contributed by atoms with Gasteiger partial charge in [-0.2, -0.15) is 0 Å². The molecule has 6 heteroatoms. The van der Waals surface area contributed by atoms with Gasteiger partial charge in [0, 0.05) is 38.6 Å². The SMILES string of the molecule is O=C(N1CCN(c2cnccn2)CC1)C1(c2ccc(F)cc2)CC1. The zero-order valence-electron chi connectivity index (χ0n) is 13.4. The third kappa shape index (κ3) is 2.62. The number of rotatable bonds is 3. The minimum absolute atomic E-state index is 0.174. The number of hydrogen-bond donors (Lipinski definition) is 0. The average molecular weight is 326 g/mol. The van der Waals surface area contributed by atoms with Crippen molar-refractivity contribution in [2.24, 2.45) is 0 Å². The molecule has 1 aliphatic heterocycles. The summed E-state index contributed by atoms with van der Waals surface area (Å²) in [5, 5.41) is 0. The Bertz CT molecular complexity index is 722. The van der Waals surface area contributed by atoms with Crippen LogP contribution in [0.15, 0.2) is 42.9 Å². The summed E-state index contributed by atoms with van der Waals surface area (Å²) in [6.07, 6.45) is 6.78. The maximum atomic E-state index is 13.1.